The van der Waals surface area contributed by atoms with Gasteiger partial charge in [-0.2, -0.15) is 0 Å². The summed E-state index contributed by atoms with van der Waals surface area (Å²) in [6.45, 7) is 15.1. The van der Waals surface area contributed by atoms with Crippen molar-refractivity contribution in [3.05, 3.63) is 47.0 Å². The van der Waals surface area contributed by atoms with Gasteiger partial charge < -0.3 is 25.6 Å². The summed E-state index contributed by atoms with van der Waals surface area (Å²) >= 11 is 0. The van der Waals surface area contributed by atoms with E-state index >= 15 is 0 Å². The fraction of sp³-hybridized carbons (Fsp3) is 0.480. The smallest absolute Gasteiger partial charge is 0.190 e. The lowest BCUT2D eigenvalue weighted by Crippen LogP contribution is -2.37. The van der Waals surface area contributed by atoms with Crippen molar-refractivity contribution in [2.24, 2.45) is 5.73 Å². The first kappa shape index (κ1) is 22.8. The van der Waals surface area contributed by atoms with Gasteiger partial charge in [0.05, 0.1) is 0 Å². The second-order valence-corrected chi connectivity index (χ2v) is 10.7. The first-order valence-corrected chi connectivity index (χ1v) is 10.6. The monoisotopic (exact) mass is 425 g/mol. The van der Waals surface area contributed by atoms with Gasteiger partial charge in [0.25, 0.3) is 0 Å². The molecule has 0 saturated carbocycles. The molecule has 0 fully saturated rings. The number of anilines is 1. The molecule has 2 aromatic rings. The third-order valence-electron chi connectivity index (χ3n) is 5.51. The maximum Gasteiger partial charge on any atom is 0.190 e. The molecule has 1 heterocycles. The Kier molecular flexibility index (Phi) is 5.63. The lowest BCUT2D eigenvalue weighted by Gasteiger charge is -2.29. The van der Waals surface area contributed by atoms with E-state index in [2.05, 4.69) is 46.9 Å². The van der Waals surface area contributed by atoms with E-state index in [1.54, 1.807) is 0 Å². The standard InChI is InChI=1S/C25H35N3O3/c1-23(2,3)18-12-19-17(20(21(18)29)24(4,5)6)13-25(7,31-19)14-30-16-10-8-15(9-11-16)28-22(26)27/h8-12,29H,13-14H2,1-7H3,(H4,26,27,28). The Labute approximate surface area is 185 Å². The third-order valence-corrected chi connectivity index (χ3v) is 5.51. The molecule has 1 atom stereocenters. The van der Waals surface area contributed by atoms with Crippen LogP contribution < -0.4 is 20.5 Å². The van der Waals surface area contributed by atoms with Crippen LogP contribution in [0.5, 0.6) is 17.2 Å². The first-order valence-electron chi connectivity index (χ1n) is 10.6. The molecule has 168 valence electrons. The summed E-state index contributed by atoms with van der Waals surface area (Å²) in [5.74, 6) is 1.82. The van der Waals surface area contributed by atoms with Crippen LogP contribution in [-0.4, -0.2) is 23.3 Å². The second kappa shape index (κ2) is 7.66. The molecule has 6 heteroatoms. The van der Waals surface area contributed by atoms with Crippen molar-refractivity contribution in [3.8, 4) is 17.2 Å². The summed E-state index contributed by atoms with van der Waals surface area (Å²) in [6.07, 6.45) is 0.664. The Morgan fingerprint density at radius 1 is 1.16 bits per heavy atom. The summed E-state index contributed by atoms with van der Waals surface area (Å²) in [7, 11) is 0. The molecule has 2 aromatic carbocycles. The molecule has 0 bridgehead atoms. The predicted octanol–water partition coefficient (Wildman–Crippen LogP) is 5.07. The first-order chi connectivity index (χ1) is 14.2. The Hall–Kier alpha value is -2.89. The summed E-state index contributed by atoms with van der Waals surface area (Å²) in [4.78, 5) is 0. The van der Waals surface area contributed by atoms with E-state index in [0.717, 1.165) is 28.1 Å². The van der Waals surface area contributed by atoms with E-state index in [0.29, 0.717) is 24.5 Å². The van der Waals surface area contributed by atoms with Gasteiger partial charge in [-0.25, -0.2) is 0 Å². The SMILES string of the molecule is CC1(COc2ccc(NC(=N)N)cc2)Cc2c(cc(C(C)(C)C)c(O)c2C(C)(C)C)O1. The number of benzene rings is 2. The highest BCUT2D eigenvalue weighted by atomic mass is 16.5. The average Bonchev–Trinajstić information content (AvgIpc) is 2.94. The van der Waals surface area contributed by atoms with Crippen molar-refractivity contribution in [1.82, 2.24) is 0 Å². The molecular weight excluding hydrogens is 390 g/mol. The van der Waals surface area contributed by atoms with Crippen molar-refractivity contribution >= 4 is 11.6 Å². The van der Waals surface area contributed by atoms with Crippen molar-refractivity contribution in [2.75, 3.05) is 11.9 Å². The van der Waals surface area contributed by atoms with Crippen LogP contribution in [0.2, 0.25) is 0 Å². The number of fused-ring (bicyclic) bond motifs is 1. The van der Waals surface area contributed by atoms with Crippen molar-refractivity contribution < 1.29 is 14.6 Å². The van der Waals surface area contributed by atoms with Crippen molar-refractivity contribution in [3.63, 3.8) is 0 Å². The quantitative estimate of drug-likeness (QED) is 0.405. The number of rotatable bonds is 4. The average molecular weight is 426 g/mol. The largest absolute Gasteiger partial charge is 0.507 e. The van der Waals surface area contributed by atoms with Gasteiger partial charge in [0, 0.05) is 28.8 Å². The molecule has 1 aliphatic heterocycles. The predicted molar refractivity (Wildman–Crippen MR) is 126 cm³/mol. The number of nitrogens with one attached hydrogen (secondary N) is 2. The highest BCUT2D eigenvalue weighted by molar-refractivity contribution is 5.89. The second-order valence-electron chi connectivity index (χ2n) is 10.7. The molecule has 31 heavy (non-hydrogen) atoms. The molecule has 0 radical (unpaired) electrons. The molecule has 5 N–H and O–H groups in total. The lowest BCUT2D eigenvalue weighted by atomic mass is 9.76. The molecule has 0 saturated heterocycles. The number of phenols is 1. The van der Waals surface area contributed by atoms with Crippen LogP contribution in [0.3, 0.4) is 0 Å². The van der Waals surface area contributed by atoms with Crippen LogP contribution in [0, 0.1) is 5.41 Å². The minimum Gasteiger partial charge on any atom is -0.507 e. The zero-order chi connectivity index (χ0) is 23.2. The summed E-state index contributed by atoms with van der Waals surface area (Å²) in [5.41, 5.74) is 8.05. The summed E-state index contributed by atoms with van der Waals surface area (Å²) in [6, 6.07) is 9.29. The summed E-state index contributed by atoms with van der Waals surface area (Å²) in [5, 5.41) is 21.2. The number of phenolic OH excluding ortho intramolecular Hbond substituents is 1. The topological polar surface area (TPSA) is 101 Å². The molecule has 3 rings (SSSR count). The van der Waals surface area contributed by atoms with E-state index in [1.165, 1.54) is 0 Å². The lowest BCUT2D eigenvalue weighted by molar-refractivity contribution is 0.0558. The number of hydrogen-bond acceptors (Lipinski definition) is 4. The molecule has 0 amide bonds. The molecule has 0 aliphatic carbocycles. The van der Waals surface area contributed by atoms with Crippen LogP contribution in [-0.2, 0) is 17.3 Å². The van der Waals surface area contributed by atoms with Crippen molar-refractivity contribution in [2.45, 2.75) is 71.3 Å². The normalized spacial score (nSPS) is 18.3. The van der Waals surface area contributed by atoms with Gasteiger partial charge in [-0.15, -0.1) is 0 Å². The zero-order valence-electron chi connectivity index (χ0n) is 19.6. The molecule has 0 aromatic heterocycles. The van der Waals surface area contributed by atoms with Gasteiger partial charge in [0.1, 0.15) is 29.5 Å². The maximum atomic E-state index is 11.2. The van der Waals surface area contributed by atoms with Crippen LogP contribution in [0.4, 0.5) is 5.69 Å². The Morgan fingerprint density at radius 2 is 1.77 bits per heavy atom. The van der Waals surface area contributed by atoms with E-state index in [1.807, 2.05) is 37.3 Å². The van der Waals surface area contributed by atoms with Crippen LogP contribution in [0.25, 0.3) is 0 Å². The zero-order valence-corrected chi connectivity index (χ0v) is 19.6. The number of nitrogens with two attached hydrogens (primary N) is 1. The van der Waals surface area contributed by atoms with Gasteiger partial charge in [-0.05, 0) is 48.1 Å². The number of ether oxygens (including phenoxy) is 2. The number of guanidine groups is 1. The van der Waals surface area contributed by atoms with E-state index in [-0.39, 0.29) is 16.8 Å². The highest BCUT2D eigenvalue weighted by Crippen LogP contribution is 2.49. The van der Waals surface area contributed by atoms with Gasteiger partial charge in [0.15, 0.2) is 5.96 Å². The minimum absolute atomic E-state index is 0.106. The summed E-state index contributed by atoms with van der Waals surface area (Å²) < 4.78 is 12.5. The molecule has 6 nitrogen and oxygen atoms in total. The fourth-order valence-corrected chi connectivity index (χ4v) is 4.12. The minimum atomic E-state index is -0.540. The van der Waals surface area contributed by atoms with Gasteiger partial charge in [-0.3, -0.25) is 5.41 Å². The van der Waals surface area contributed by atoms with Crippen LogP contribution >= 0.6 is 0 Å². The Bertz CT molecular complexity index is 985. The van der Waals surface area contributed by atoms with Gasteiger partial charge >= 0.3 is 0 Å². The maximum absolute atomic E-state index is 11.2. The van der Waals surface area contributed by atoms with E-state index in [9.17, 15) is 5.11 Å². The molecular formula is C25H35N3O3. The Balaban J connectivity index is 1.85. The van der Waals surface area contributed by atoms with Gasteiger partial charge in [0.2, 0.25) is 0 Å². The number of aromatic hydroxyl groups is 1. The van der Waals surface area contributed by atoms with Gasteiger partial charge in [-0.1, -0.05) is 41.5 Å². The number of hydrogen-bond donors (Lipinski definition) is 4. The van der Waals surface area contributed by atoms with Crippen LogP contribution in [0.15, 0.2) is 30.3 Å². The Morgan fingerprint density at radius 3 is 2.29 bits per heavy atom. The third kappa shape index (κ3) is 4.89. The van der Waals surface area contributed by atoms with E-state index in [4.69, 9.17) is 20.6 Å². The van der Waals surface area contributed by atoms with Crippen LogP contribution in [0.1, 0.15) is 65.2 Å². The molecule has 1 unspecified atom stereocenters. The molecule has 0 spiro atoms. The fourth-order valence-electron chi connectivity index (χ4n) is 4.12. The highest BCUT2D eigenvalue weighted by Gasteiger charge is 2.41. The van der Waals surface area contributed by atoms with E-state index < -0.39 is 5.60 Å². The molecule has 1 aliphatic rings. The van der Waals surface area contributed by atoms with Crippen molar-refractivity contribution in [1.29, 1.82) is 5.41 Å².